The first kappa shape index (κ1) is 23.6. The Hall–Kier alpha value is -1.56. The second-order valence-electron chi connectivity index (χ2n) is 12.1. The monoisotopic (exact) mass is 430 g/mol. The maximum atomic E-state index is 4.51. The Morgan fingerprint density at radius 2 is 1.81 bits per heavy atom. The zero-order valence-corrected chi connectivity index (χ0v) is 21.0. The summed E-state index contributed by atoms with van der Waals surface area (Å²) >= 11 is 0. The average molecular weight is 431 g/mol. The summed E-state index contributed by atoms with van der Waals surface area (Å²) in [6, 6.07) is 9.31. The normalized spacial score (nSPS) is 26.5. The number of rotatable bonds is 8. The third-order valence-corrected chi connectivity index (χ3v) is 8.41. The van der Waals surface area contributed by atoms with Gasteiger partial charge in [-0.1, -0.05) is 120 Å². The molecule has 0 nitrogen and oxygen atoms in total. The van der Waals surface area contributed by atoms with Crippen LogP contribution in [-0.2, 0) is 5.41 Å². The number of benzene rings is 1. The zero-order chi connectivity index (χ0) is 22.6. The van der Waals surface area contributed by atoms with E-state index < -0.39 is 0 Å². The fraction of sp³-hybridized carbons (Fsp3) is 0.625. The summed E-state index contributed by atoms with van der Waals surface area (Å²) in [6.07, 6.45) is 24.1. The van der Waals surface area contributed by atoms with E-state index in [1.54, 1.807) is 5.57 Å². The molecule has 32 heavy (non-hydrogen) atoms. The number of hydrogen-bond acceptors (Lipinski definition) is 0. The van der Waals surface area contributed by atoms with Crippen molar-refractivity contribution in [2.75, 3.05) is 0 Å². The van der Waals surface area contributed by atoms with Crippen LogP contribution in [0.5, 0.6) is 0 Å². The molecule has 174 valence electrons. The standard InChI is InChI=1S/C32H46/c1-24(30-23-31(30)28-12-9-13-29(22-28)32(2,3)4)14-15-26-18-20-27(21-19-26)17-16-25-10-7-5-6-8-11-25/h9,12-13,18,20-22,25-26,30-31H,1,5-8,10-11,14-17,19,23H2,2-4H3. The number of allylic oxidation sites excluding steroid dienone is 5. The molecule has 3 aliphatic rings. The van der Waals surface area contributed by atoms with Gasteiger partial charge in [0.2, 0.25) is 0 Å². The van der Waals surface area contributed by atoms with Crippen molar-refractivity contribution in [3.8, 4) is 0 Å². The summed E-state index contributed by atoms with van der Waals surface area (Å²) in [5.41, 5.74) is 6.31. The van der Waals surface area contributed by atoms with Crippen molar-refractivity contribution in [2.45, 2.75) is 109 Å². The average Bonchev–Trinajstić information content (AvgIpc) is 3.61. The summed E-state index contributed by atoms with van der Waals surface area (Å²) < 4.78 is 0. The first-order chi connectivity index (χ1) is 15.4. The smallest absolute Gasteiger partial charge is 0.00902 e. The van der Waals surface area contributed by atoms with Gasteiger partial charge >= 0.3 is 0 Å². The van der Waals surface area contributed by atoms with E-state index in [1.807, 2.05) is 0 Å². The molecule has 3 atom stereocenters. The van der Waals surface area contributed by atoms with Crippen LogP contribution < -0.4 is 0 Å². The Morgan fingerprint density at radius 3 is 2.50 bits per heavy atom. The van der Waals surface area contributed by atoms with Crippen molar-refractivity contribution in [1.29, 1.82) is 0 Å². The molecule has 0 N–H and O–H groups in total. The molecule has 0 bridgehead atoms. The minimum absolute atomic E-state index is 0.229. The minimum atomic E-state index is 0.229. The van der Waals surface area contributed by atoms with E-state index in [0.717, 1.165) is 11.8 Å². The van der Waals surface area contributed by atoms with Crippen molar-refractivity contribution >= 4 is 0 Å². The summed E-state index contributed by atoms with van der Waals surface area (Å²) in [5.74, 6) is 3.13. The molecule has 2 saturated carbocycles. The molecule has 1 aromatic carbocycles. The van der Waals surface area contributed by atoms with Gasteiger partial charge in [0.15, 0.2) is 0 Å². The Bertz CT molecular complexity index is 822. The Morgan fingerprint density at radius 1 is 1.03 bits per heavy atom. The quantitative estimate of drug-likeness (QED) is 0.284. The second kappa shape index (κ2) is 10.6. The van der Waals surface area contributed by atoms with Gasteiger partial charge in [0, 0.05) is 0 Å². The summed E-state index contributed by atoms with van der Waals surface area (Å²) in [6.45, 7) is 11.4. The highest BCUT2D eigenvalue weighted by Crippen LogP contribution is 2.53. The largest absolute Gasteiger partial charge is 0.0996 e. The molecule has 1 aromatic rings. The summed E-state index contributed by atoms with van der Waals surface area (Å²) in [7, 11) is 0. The lowest BCUT2D eigenvalue weighted by atomic mass is 9.85. The van der Waals surface area contributed by atoms with Crippen LogP contribution in [0.4, 0.5) is 0 Å². The van der Waals surface area contributed by atoms with Crippen molar-refractivity contribution in [1.82, 2.24) is 0 Å². The fourth-order valence-corrected chi connectivity index (χ4v) is 5.94. The maximum absolute atomic E-state index is 4.51. The first-order valence-electron chi connectivity index (χ1n) is 13.6. The molecular formula is C32H46. The van der Waals surface area contributed by atoms with Crippen LogP contribution >= 0.6 is 0 Å². The highest BCUT2D eigenvalue weighted by atomic mass is 14.4. The van der Waals surface area contributed by atoms with Gasteiger partial charge in [-0.05, 0) is 78.7 Å². The number of hydrogen-bond donors (Lipinski definition) is 0. The third-order valence-electron chi connectivity index (χ3n) is 8.41. The van der Waals surface area contributed by atoms with Crippen molar-refractivity contribution in [2.24, 2.45) is 17.8 Å². The van der Waals surface area contributed by atoms with Gasteiger partial charge in [0.25, 0.3) is 0 Å². The lowest BCUT2D eigenvalue weighted by Gasteiger charge is -2.20. The van der Waals surface area contributed by atoms with Crippen LogP contribution in [0.3, 0.4) is 0 Å². The SMILES string of the molecule is C=C(CCC1C=CC(CCC2CCCCCC2)=CC1)C1CC1c1cccc(C(C)(C)C)c1. The molecule has 3 aliphatic carbocycles. The molecule has 0 heterocycles. The van der Waals surface area contributed by atoms with Gasteiger partial charge < -0.3 is 0 Å². The minimum Gasteiger partial charge on any atom is -0.0996 e. The summed E-state index contributed by atoms with van der Waals surface area (Å²) in [5, 5.41) is 0. The van der Waals surface area contributed by atoms with Crippen LogP contribution in [0.25, 0.3) is 0 Å². The zero-order valence-electron chi connectivity index (χ0n) is 21.0. The molecular weight excluding hydrogens is 384 g/mol. The van der Waals surface area contributed by atoms with Gasteiger partial charge in [-0.2, -0.15) is 0 Å². The first-order valence-corrected chi connectivity index (χ1v) is 13.6. The van der Waals surface area contributed by atoms with E-state index in [4.69, 9.17) is 0 Å². The Balaban J connectivity index is 1.18. The topological polar surface area (TPSA) is 0 Å². The van der Waals surface area contributed by atoms with Crippen LogP contribution in [0.1, 0.15) is 115 Å². The summed E-state index contributed by atoms with van der Waals surface area (Å²) in [4.78, 5) is 0. The van der Waals surface area contributed by atoms with Crippen molar-refractivity contribution in [3.05, 3.63) is 71.3 Å². The Kier molecular flexibility index (Phi) is 7.80. The van der Waals surface area contributed by atoms with E-state index in [9.17, 15) is 0 Å². The predicted octanol–water partition coefficient (Wildman–Crippen LogP) is 9.68. The molecule has 0 aromatic heterocycles. The molecule has 0 amide bonds. The molecule has 0 heteroatoms. The van der Waals surface area contributed by atoms with Crippen LogP contribution in [0.15, 0.2) is 60.2 Å². The molecule has 2 fully saturated rings. The lowest BCUT2D eigenvalue weighted by molar-refractivity contribution is 0.428. The van der Waals surface area contributed by atoms with E-state index in [1.165, 1.54) is 93.7 Å². The molecule has 3 unspecified atom stereocenters. The highest BCUT2D eigenvalue weighted by molar-refractivity contribution is 5.36. The predicted molar refractivity (Wildman–Crippen MR) is 140 cm³/mol. The van der Waals surface area contributed by atoms with Crippen LogP contribution in [0.2, 0.25) is 0 Å². The van der Waals surface area contributed by atoms with Crippen molar-refractivity contribution < 1.29 is 0 Å². The van der Waals surface area contributed by atoms with Gasteiger partial charge in [-0.3, -0.25) is 0 Å². The molecule has 0 radical (unpaired) electrons. The molecule has 0 saturated heterocycles. The highest BCUT2D eigenvalue weighted by Gasteiger charge is 2.40. The van der Waals surface area contributed by atoms with Crippen LogP contribution in [0, 0.1) is 17.8 Å². The van der Waals surface area contributed by atoms with Gasteiger partial charge in [0.1, 0.15) is 0 Å². The molecule has 4 rings (SSSR count). The van der Waals surface area contributed by atoms with Gasteiger partial charge in [-0.25, -0.2) is 0 Å². The lowest BCUT2D eigenvalue weighted by Crippen LogP contribution is -2.11. The van der Waals surface area contributed by atoms with E-state index in [2.05, 4.69) is 69.8 Å². The van der Waals surface area contributed by atoms with Crippen LogP contribution in [-0.4, -0.2) is 0 Å². The van der Waals surface area contributed by atoms with E-state index in [-0.39, 0.29) is 5.41 Å². The van der Waals surface area contributed by atoms with E-state index in [0.29, 0.717) is 11.8 Å². The Labute approximate surface area is 198 Å². The van der Waals surface area contributed by atoms with Gasteiger partial charge in [0.05, 0.1) is 0 Å². The second-order valence-corrected chi connectivity index (χ2v) is 12.1. The molecule has 0 spiro atoms. The van der Waals surface area contributed by atoms with Crippen molar-refractivity contribution in [3.63, 3.8) is 0 Å². The molecule has 0 aliphatic heterocycles. The maximum Gasteiger partial charge on any atom is -0.00902 e. The van der Waals surface area contributed by atoms with E-state index >= 15 is 0 Å². The third kappa shape index (κ3) is 6.49. The van der Waals surface area contributed by atoms with Gasteiger partial charge in [-0.15, -0.1) is 0 Å². The fourth-order valence-electron chi connectivity index (χ4n) is 5.94.